The Morgan fingerprint density at radius 1 is 1.00 bits per heavy atom. The molecule has 0 aliphatic carbocycles. The number of hydrogen-bond donors (Lipinski definition) is 2. The van der Waals surface area contributed by atoms with E-state index in [1.807, 2.05) is 6.92 Å². The molecule has 2 N–H and O–H groups in total. The van der Waals surface area contributed by atoms with Crippen molar-refractivity contribution in [1.29, 1.82) is 0 Å². The van der Waals surface area contributed by atoms with Crippen LogP contribution in [0.25, 0.3) is 5.69 Å². The van der Waals surface area contributed by atoms with Crippen molar-refractivity contribution >= 4 is 27.3 Å². The van der Waals surface area contributed by atoms with E-state index in [2.05, 4.69) is 20.7 Å². The number of anilines is 1. The zero-order valence-electron chi connectivity index (χ0n) is 16.3. The van der Waals surface area contributed by atoms with Crippen LogP contribution in [0.4, 0.5) is 5.69 Å². The SMILES string of the molecule is Cc1ccc(S(=O)(=O)CCC(=O)NCC(=O)Nc2ccc(-n3cncn3)cc2)cc1. The summed E-state index contributed by atoms with van der Waals surface area (Å²) in [6.07, 6.45) is 2.75. The number of amides is 2. The van der Waals surface area contributed by atoms with E-state index in [0.717, 1.165) is 11.3 Å². The van der Waals surface area contributed by atoms with Crippen LogP contribution in [0.3, 0.4) is 0 Å². The lowest BCUT2D eigenvalue weighted by Crippen LogP contribution is -2.33. The van der Waals surface area contributed by atoms with E-state index in [1.165, 1.54) is 18.5 Å². The molecule has 10 heteroatoms. The number of sulfone groups is 1. The molecular weight excluding hydrogens is 406 g/mol. The Hall–Kier alpha value is -3.53. The van der Waals surface area contributed by atoms with Crippen LogP contribution in [0.5, 0.6) is 0 Å². The quantitative estimate of drug-likeness (QED) is 0.562. The van der Waals surface area contributed by atoms with Crippen molar-refractivity contribution < 1.29 is 18.0 Å². The van der Waals surface area contributed by atoms with Crippen molar-refractivity contribution in [3.05, 3.63) is 66.7 Å². The second-order valence-corrected chi connectivity index (χ2v) is 8.70. The van der Waals surface area contributed by atoms with Crippen LogP contribution in [0, 0.1) is 6.92 Å². The molecule has 0 radical (unpaired) electrons. The maximum Gasteiger partial charge on any atom is 0.243 e. The molecule has 3 rings (SSSR count). The van der Waals surface area contributed by atoms with Gasteiger partial charge in [-0.3, -0.25) is 9.59 Å². The average molecular weight is 427 g/mol. The summed E-state index contributed by atoms with van der Waals surface area (Å²) < 4.78 is 26.1. The monoisotopic (exact) mass is 427 g/mol. The maximum absolute atomic E-state index is 12.3. The summed E-state index contributed by atoms with van der Waals surface area (Å²) in [5.74, 6) is -1.26. The summed E-state index contributed by atoms with van der Waals surface area (Å²) in [7, 11) is -3.55. The second kappa shape index (κ2) is 9.31. The lowest BCUT2D eigenvalue weighted by atomic mass is 10.2. The van der Waals surface area contributed by atoms with Gasteiger partial charge in [0.25, 0.3) is 0 Å². The van der Waals surface area contributed by atoms with Gasteiger partial charge in [0, 0.05) is 12.1 Å². The van der Waals surface area contributed by atoms with Gasteiger partial charge in [0.05, 0.1) is 22.9 Å². The molecule has 9 nitrogen and oxygen atoms in total. The fraction of sp³-hybridized carbons (Fsp3) is 0.200. The Kier molecular flexibility index (Phi) is 6.58. The molecule has 0 atom stereocenters. The third-order valence-electron chi connectivity index (χ3n) is 4.26. The number of carbonyl (C=O) groups excluding carboxylic acids is 2. The molecule has 1 heterocycles. The van der Waals surface area contributed by atoms with Gasteiger partial charge in [-0.05, 0) is 43.3 Å². The Balaban J connectivity index is 1.44. The van der Waals surface area contributed by atoms with E-state index in [-0.39, 0.29) is 23.6 Å². The molecule has 0 unspecified atom stereocenters. The maximum atomic E-state index is 12.3. The van der Waals surface area contributed by atoms with Crippen LogP contribution in [0.15, 0.2) is 66.1 Å². The summed E-state index contributed by atoms with van der Waals surface area (Å²) >= 11 is 0. The largest absolute Gasteiger partial charge is 0.347 e. The molecule has 156 valence electrons. The number of hydrogen-bond acceptors (Lipinski definition) is 6. The minimum atomic E-state index is -3.55. The summed E-state index contributed by atoms with van der Waals surface area (Å²) in [6.45, 7) is 1.61. The van der Waals surface area contributed by atoms with E-state index in [4.69, 9.17) is 0 Å². The van der Waals surface area contributed by atoms with Crippen LogP contribution in [-0.2, 0) is 19.4 Å². The van der Waals surface area contributed by atoms with Gasteiger partial charge in [0.15, 0.2) is 9.84 Å². The highest BCUT2D eigenvalue weighted by Crippen LogP contribution is 2.13. The number of rotatable bonds is 8. The first-order chi connectivity index (χ1) is 14.3. The Morgan fingerprint density at radius 2 is 1.70 bits per heavy atom. The van der Waals surface area contributed by atoms with E-state index in [1.54, 1.807) is 47.4 Å². The van der Waals surface area contributed by atoms with Gasteiger partial charge < -0.3 is 10.6 Å². The Labute approximate surface area is 174 Å². The fourth-order valence-corrected chi connectivity index (χ4v) is 3.84. The Morgan fingerprint density at radius 3 is 2.33 bits per heavy atom. The number of nitrogens with one attached hydrogen (secondary N) is 2. The molecule has 0 aliphatic heterocycles. The van der Waals surface area contributed by atoms with Crippen LogP contribution >= 0.6 is 0 Å². The predicted octanol–water partition coefficient (Wildman–Crippen LogP) is 1.49. The fourth-order valence-electron chi connectivity index (χ4n) is 2.60. The highest BCUT2D eigenvalue weighted by atomic mass is 32.2. The van der Waals surface area contributed by atoms with Gasteiger partial charge in [-0.15, -0.1) is 0 Å². The van der Waals surface area contributed by atoms with Gasteiger partial charge in [-0.1, -0.05) is 17.7 Å². The van der Waals surface area contributed by atoms with Crippen molar-refractivity contribution in [3.63, 3.8) is 0 Å². The second-order valence-electron chi connectivity index (χ2n) is 6.59. The lowest BCUT2D eigenvalue weighted by molar-refractivity contribution is -0.123. The first-order valence-electron chi connectivity index (χ1n) is 9.14. The molecule has 0 saturated heterocycles. The van der Waals surface area contributed by atoms with Gasteiger partial charge >= 0.3 is 0 Å². The van der Waals surface area contributed by atoms with Gasteiger partial charge in [-0.25, -0.2) is 18.1 Å². The van der Waals surface area contributed by atoms with Gasteiger partial charge in [0.1, 0.15) is 12.7 Å². The summed E-state index contributed by atoms with van der Waals surface area (Å²) in [5, 5.41) is 9.10. The smallest absolute Gasteiger partial charge is 0.243 e. The van der Waals surface area contributed by atoms with E-state index in [0.29, 0.717) is 5.69 Å². The standard InChI is InChI=1S/C20H21N5O4S/c1-15-2-8-18(9-3-15)30(28,29)11-10-19(26)22-12-20(27)24-16-4-6-17(7-5-16)25-14-21-13-23-25/h2-9,13-14H,10-12H2,1H3,(H,22,26)(H,24,27). The molecule has 0 bridgehead atoms. The molecule has 0 fully saturated rings. The van der Waals surface area contributed by atoms with Crippen LogP contribution in [0.2, 0.25) is 0 Å². The number of nitrogens with zero attached hydrogens (tertiary/aromatic N) is 3. The molecular formula is C20H21N5O4S. The zero-order chi connectivity index (χ0) is 21.6. The molecule has 3 aromatic rings. The van der Waals surface area contributed by atoms with Crippen molar-refractivity contribution in [2.24, 2.45) is 0 Å². The zero-order valence-corrected chi connectivity index (χ0v) is 17.1. The highest BCUT2D eigenvalue weighted by molar-refractivity contribution is 7.91. The van der Waals surface area contributed by atoms with Crippen LogP contribution in [-0.4, -0.2) is 47.3 Å². The van der Waals surface area contributed by atoms with Crippen LogP contribution < -0.4 is 10.6 Å². The molecule has 0 aliphatic rings. The lowest BCUT2D eigenvalue weighted by Gasteiger charge is -2.08. The molecule has 2 aromatic carbocycles. The molecule has 1 aromatic heterocycles. The number of carbonyl (C=O) groups is 2. The topological polar surface area (TPSA) is 123 Å². The summed E-state index contributed by atoms with van der Waals surface area (Å²) in [4.78, 5) is 28.0. The summed E-state index contributed by atoms with van der Waals surface area (Å²) in [6, 6.07) is 13.4. The van der Waals surface area contributed by atoms with E-state index < -0.39 is 21.7 Å². The summed E-state index contributed by atoms with van der Waals surface area (Å²) in [5.41, 5.74) is 2.29. The number of aromatic nitrogens is 3. The van der Waals surface area contributed by atoms with Crippen molar-refractivity contribution in [2.45, 2.75) is 18.2 Å². The molecule has 0 spiro atoms. The number of benzene rings is 2. The van der Waals surface area contributed by atoms with Gasteiger partial charge in [0.2, 0.25) is 11.8 Å². The average Bonchev–Trinajstić information content (AvgIpc) is 3.27. The molecule has 30 heavy (non-hydrogen) atoms. The molecule has 0 saturated carbocycles. The van der Waals surface area contributed by atoms with Crippen molar-refractivity contribution in [3.8, 4) is 5.69 Å². The number of aryl methyl sites for hydroxylation is 1. The highest BCUT2D eigenvalue weighted by Gasteiger charge is 2.16. The van der Waals surface area contributed by atoms with Gasteiger partial charge in [-0.2, -0.15) is 5.10 Å². The minimum absolute atomic E-state index is 0.174. The van der Waals surface area contributed by atoms with Crippen LogP contribution in [0.1, 0.15) is 12.0 Å². The van der Waals surface area contributed by atoms with E-state index >= 15 is 0 Å². The Bertz CT molecular complexity index is 1110. The third-order valence-corrected chi connectivity index (χ3v) is 5.99. The first kappa shape index (κ1) is 21.2. The third kappa shape index (κ3) is 5.74. The first-order valence-corrected chi connectivity index (χ1v) is 10.8. The minimum Gasteiger partial charge on any atom is -0.347 e. The normalized spacial score (nSPS) is 11.1. The van der Waals surface area contributed by atoms with Crippen molar-refractivity contribution in [1.82, 2.24) is 20.1 Å². The predicted molar refractivity (Wildman–Crippen MR) is 111 cm³/mol. The van der Waals surface area contributed by atoms with E-state index in [9.17, 15) is 18.0 Å². The van der Waals surface area contributed by atoms with Crippen molar-refractivity contribution in [2.75, 3.05) is 17.6 Å². The molecule has 2 amide bonds.